The van der Waals surface area contributed by atoms with Crippen molar-refractivity contribution >= 4 is 27.5 Å². The Hall–Kier alpha value is -1.93. The molecule has 7 nitrogen and oxygen atoms in total. The number of carbonyl (C=O) groups is 1. The van der Waals surface area contributed by atoms with Crippen molar-refractivity contribution in [3.8, 4) is 0 Å². The lowest BCUT2D eigenvalue weighted by Crippen LogP contribution is -2.31. The molecule has 1 N–H and O–H groups in total. The number of benzene rings is 1. The van der Waals surface area contributed by atoms with E-state index in [0.29, 0.717) is 0 Å². The van der Waals surface area contributed by atoms with E-state index in [9.17, 15) is 13.2 Å². The summed E-state index contributed by atoms with van der Waals surface area (Å²) in [6.45, 7) is 5.64. The summed E-state index contributed by atoms with van der Waals surface area (Å²) in [7, 11) is -4.07. The number of hydrogen-bond donors (Lipinski definition) is 1. The molecule has 2 aromatic rings. The molecule has 9 heteroatoms. The van der Waals surface area contributed by atoms with Gasteiger partial charge in [-0.3, -0.25) is 4.79 Å². The summed E-state index contributed by atoms with van der Waals surface area (Å²) < 4.78 is 27.7. The highest BCUT2D eigenvalue weighted by Gasteiger charge is 2.24. The smallest absolute Gasteiger partial charge is 0.266 e. The first-order valence-corrected chi connectivity index (χ1v) is 8.22. The lowest BCUT2D eigenvalue weighted by atomic mass is 10.1. The van der Waals surface area contributed by atoms with Crippen LogP contribution in [-0.4, -0.2) is 29.3 Å². The molecule has 0 aliphatic heterocycles. The monoisotopic (exact) mass is 342 g/mol. The second-order valence-electron chi connectivity index (χ2n) is 5.58. The molecule has 22 heavy (non-hydrogen) atoms. The van der Waals surface area contributed by atoms with E-state index in [0.717, 1.165) is 0 Å². The molecule has 0 saturated heterocycles. The van der Waals surface area contributed by atoms with Gasteiger partial charge < -0.3 is 0 Å². The molecule has 0 spiro atoms. The molecule has 1 aromatic carbocycles. The van der Waals surface area contributed by atoms with E-state index < -0.39 is 15.9 Å². The van der Waals surface area contributed by atoms with Gasteiger partial charge in [-0.15, -0.1) is 5.10 Å². The Kier molecular flexibility index (Phi) is 4.25. The molecule has 1 aromatic heterocycles. The number of amides is 1. The van der Waals surface area contributed by atoms with Crippen molar-refractivity contribution in [2.75, 3.05) is 0 Å². The molecule has 1 amide bonds. The van der Waals surface area contributed by atoms with Crippen molar-refractivity contribution in [2.45, 2.75) is 31.2 Å². The third-order valence-corrected chi connectivity index (χ3v) is 4.60. The molecular weight excluding hydrogens is 328 g/mol. The fourth-order valence-corrected chi connectivity index (χ4v) is 3.07. The quantitative estimate of drug-likeness (QED) is 0.918. The van der Waals surface area contributed by atoms with Crippen LogP contribution >= 0.6 is 11.6 Å². The molecule has 2 rings (SSSR count). The predicted molar refractivity (Wildman–Crippen MR) is 81.1 cm³/mol. The first-order chi connectivity index (χ1) is 10.1. The lowest BCUT2D eigenvalue weighted by molar-refractivity contribution is 0.0976. The van der Waals surface area contributed by atoms with Gasteiger partial charge >= 0.3 is 0 Å². The van der Waals surface area contributed by atoms with Gasteiger partial charge in [0.2, 0.25) is 0 Å². The van der Waals surface area contributed by atoms with E-state index >= 15 is 0 Å². The molecule has 0 bridgehead atoms. The Balaban J connectivity index is 2.25. The first-order valence-electron chi connectivity index (χ1n) is 6.36. The van der Waals surface area contributed by atoms with Crippen molar-refractivity contribution in [1.82, 2.24) is 19.7 Å². The fourth-order valence-electron chi connectivity index (χ4n) is 1.59. The van der Waals surface area contributed by atoms with Crippen LogP contribution in [0.25, 0.3) is 0 Å². The fraction of sp³-hybridized carbons (Fsp3) is 0.308. The van der Waals surface area contributed by atoms with Gasteiger partial charge in [-0.2, -0.15) is 0 Å². The number of nitrogens with one attached hydrogen (secondary N) is 1. The second-order valence-corrected chi connectivity index (χ2v) is 7.64. The molecule has 0 aliphatic rings. The minimum atomic E-state index is -4.07. The lowest BCUT2D eigenvalue weighted by Gasteiger charge is -2.17. The Morgan fingerprint density at radius 1 is 1.27 bits per heavy atom. The molecule has 1 heterocycles. The third-order valence-electron chi connectivity index (χ3n) is 2.77. The molecule has 0 atom stereocenters. The zero-order valence-electron chi connectivity index (χ0n) is 12.2. The normalized spacial score (nSPS) is 12.2. The topological polar surface area (TPSA) is 94.0 Å². The highest BCUT2D eigenvalue weighted by atomic mass is 35.5. The number of carbonyl (C=O) groups excluding carboxylic acids is 1. The Morgan fingerprint density at radius 2 is 1.91 bits per heavy atom. The van der Waals surface area contributed by atoms with Crippen LogP contribution in [0.2, 0.25) is 5.02 Å². The number of rotatable bonds is 3. The van der Waals surface area contributed by atoms with Crippen LogP contribution in [-0.2, 0) is 15.6 Å². The van der Waals surface area contributed by atoms with E-state index in [-0.39, 0.29) is 21.2 Å². The van der Waals surface area contributed by atoms with Gasteiger partial charge in [0.05, 0.1) is 16.8 Å². The van der Waals surface area contributed by atoms with E-state index in [1.807, 2.05) is 25.5 Å². The highest BCUT2D eigenvalue weighted by molar-refractivity contribution is 7.90. The Labute approximate surface area is 133 Å². The van der Waals surface area contributed by atoms with Crippen LogP contribution in [0.5, 0.6) is 0 Å². The number of sulfonamides is 1. The molecule has 118 valence electrons. The number of hydrogen-bond acceptors (Lipinski definition) is 5. The van der Waals surface area contributed by atoms with Crippen LogP contribution in [0.3, 0.4) is 0 Å². The maximum absolute atomic E-state index is 12.2. The zero-order chi connectivity index (χ0) is 16.5. The Morgan fingerprint density at radius 3 is 2.45 bits per heavy atom. The van der Waals surface area contributed by atoms with Gasteiger partial charge in [0.25, 0.3) is 15.9 Å². The SMILES string of the molecule is CC(C)(C)n1cc(C(=O)NS(=O)(=O)c2ccccc2Cl)nn1. The summed E-state index contributed by atoms with van der Waals surface area (Å²) >= 11 is 5.84. The van der Waals surface area contributed by atoms with E-state index in [1.165, 1.54) is 29.1 Å². The zero-order valence-corrected chi connectivity index (χ0v) is 13.8. The summed E-state index contributed by atoms with van der Waals surface area (Å²) in [4.78, 5) is 11.9. The van der Waals surface area contributed by atoms with Gasteiger partial charge in [-0.1, -0.05) is 28.9 Å². The second kappa shape index (κ2) is 5.69. The van der Waals surface area contributed by atoms with Crippen LogP contribution < -0.4 is 4.72 Å². The van der Waals surface area contributed by atoms with Crippen LogP contribution in [0.4, 0.5) is 0 Å². The van der Waals surface area contributed by atoms with Crippen molar-refractivity contribution < 1.29 is 13.2 Å². The summed E-state index contributed by atoms with van der Waals surface area (Å²) in [5.74, 6) is -0.865. The molecule has 0 radical (unpaired) electrons. The van der Waals surface area contributed by atoms with Crippen LogP contribution in [0.1, 0.15) is 31.3 Å². The number of aromatic nitrogens is 3. The van der Waals surface area contributed by atoms with Crippen molar-refractivity contribution in [2.24, 2.45) is 0 Å². The average Bonchev–Trinajstić information content (AvgIpc) is 2.88. The van der Waals surface area contributed by atoms with Gasteiger partial charge in [-0.05, 0) is 32.9 Å². The highest BCUT2D eigenvalue weighted by Crippen LogP contribution is 2.20. The molecule has 0 aliphatic carbocycles. The summed E-state index contributed by atoms with van der Waals surface area (Å²) in [6, 6.07) is 5.85. The standard InChI is InChI=1S/C13H15ClN4O3S/c1-13(2,3)18-8-10(15-17-18)12(19)16-22(20,21)11-7-5-4-6-9(11)14/h4-8H,1-3H3,(H,16,19). The largest absolute Gasteiger partial charge is 0.287 e. The maximum atomic E-state index is 12.2. The van der Waals surface area contributed by atoms with Crippen LogP contribution in [0.15, 0.2) is 35.4 Å². The minimum absolute atomic E-state index is 0.0288. The molecular formula is C13H15ClN4O3S. The molecule has 0 unspecified atom stereocenters. The molecule has 0 fully saturated rings. The van der Waals surface area contributed by atoms with Gasteiger partial charge in [0.15, 0.2) is 5.69 Å². The predicted octanol–water partition coefficient (Wildman–Crippen LogP) is 1.81. The molecule has 0 saturated carbocycles. The summed E-state index contributed by atoms with van der Waals surface area (Å²) in [6.07, 6.45) is 1.39. The maximum Gasteiger partial charge on any atom is 0.287 e. The average molecular weight is 343 g/mol. The van der Waals surface area contributed by atoms with Gasteiger partial charge in [-0.25, -0.2) is 17.8 Å². The van der Waals surface area contributed by atoms with E-state index in [4.69, 9.17) is 11.6 Å². The van der Waals surface area contributed by atoms with E-state index in [1.54, 1.807) is 6.07 Å². The number of nitrogens with zero attached hydrogens (tertiary/aromatic N) is 3. The summed E-state index contributed by atoms with van der Waals surface area (Å²) in [5.41, 5.74) is -0.460. The van der Waals surface area contributed by atoms with Crippen LogP contribution in [0, 0.1) is 0 Å². The van der Waals surface area contributed by atoms with Gasteiger partial charge in [0, 0.05) is 0 Å². The third kappa shape index (κ3) is 3.45. The van der Waals surface area contributed by atoms with Crippen molar-refractivity contribution in [3.63, 3.8) is 0 Å². The van der Waals surface area contributed by atoms with E-state index in [2.05, 4.69) is 10.3 Å². The first kappa shape index (κ1) is 16.4. The summed E-state index contributed by atoms with van der Waals surface area (Å²) in [5, 5.41) is 7.53. The number of halogens is 1. The van der Waals surface area contributed by atoms with Crippen molar-refractivity contribution in [1.29, 1.82) is 0 Å². The minimum Gasteiger partial charge on any atom is -0.266 e. The Bertz CT molecular complexity index is 809. The van der Waals surface area contributed by atoms with Gasteiger partial charge in [0.1, 0.15) is 4.90 Å². The van der Waals surface area contributed by atoms with Crippen molar-refractivity contribution in [3.05, 3.63) is 41.2 Å².